The lowest BCUT2D eigenvalue weighted by molar-refractivity contribution is -0.304. The molecule has 0 aliphatic carbocycles. The summed E-state index contributed by atoms with van der Waals surface area (Å²) in [7, 11) is 0. The summed E-state index contributed by atoms with van der Waals surface area (Å²) < 4.78 is 0. The Morgan fingerprint density at radius 1 is 1.62 bits per heavy atom. The van der Waals surface area contributed by atoms with Crippen LogP contribution in [0.3, 0.4) is 0 Å². The van der Waals surface area contributed by atoms with E-state index in [0.29, 0.717) is 0 Å². The van der Waals surface area contributed by atoms with E-state index in [0.717, 1.165) is 6.42 Å². The lowest BCUT2D eigenvalue weighted by atomic mass is 10.3. The summed E-state index contributed by atoms with van der Waals surface area (Å²) in [6, 6.07) is 0. The molecule has 0 saturated carbocycles. The Morgan fingerprint density at radius 2 is 2.25 bits per heavy atom. The van der Waals surface area contributed by atoms with Gasteiger partial charge in [-0.05, 0) is 6.42 Å². The van der Waals surface area contributed by atoms with Crippen molar-refractivity contribution in [1.29, 1.82) is 0 Å². The molecule has 0 saturated heterocycles. The quantitative estimate of drug-likeness (QED) is 0.487. The fourth-order valence-electron chi connectivity index (χ4n) is 0.346. The van der Waals surface area contributed by atoms with Crippen LogP contribution in [0.5, 0.6) is 0 Å². The zero-order chi connectivity index (χ0) is 6.41. The average molecular weight is 113 g/mol. The third-order valence-corrected chi connectivity index (χ3v) is 0.687. The minimum absolute atomic E-state index is 0.0356. The van der Waals surface area contributed by atoms with E-state index in [4.69, 9.17) is 0 Å². The van der Waals surface area contributed by atoms with Gasteiger partial charge in [-0.2, -0.15) is 0 Å². The highest BCUT2D eigenvalue weighted by molar-refractivity contribution is 5.66. The second kappa shape index (κ2) is 4.37. The number of hydrogen-bond donors (Lipinski definition) is 0. The Morgan fingerprint density at radius 3 is 2.62 bits per heavy atom. The molecule has 0 unspecified atom stereocenters. The molecule has 0 aromatic heterocycles. The highest BCUT2D eigenvalue weighted by Gasteiger charge is 1.74. The molecule has 0 heterocycles. The van der Waals surface area contributed by atoms with E-state index in [9.17, 15) is 9.90 Å². The second-order valence-electron chi connectivity index (χ2n) is 1.46. The van der Waals surface area contributed by atoms with Gasteiger partial charge in [-0.15, -0.1) is 0 Å². The van der Waals surface area contributed by atoms with E-state index in [1.165, 1.54) is 0 Å². The van der Waals surface area contributed by atoms with Crippen molar-refractivity contribution < 1.29 is 9.90 Å². The van der Waals surface area contributed by atoms with Gasteiger partial charge in [0.1, 0.15) is 0 Å². The minimum atomic E-state index is -1.02. The van der Waals surface area contributed by atoms with Crippen LogP contribution in [-0.4, -0.2) is 5.97 Å². The van der Waals surface area contributed by atoms with Crippen molar-refractivity contribution in [3.63, 3.8) is 0 Å². The van der Waals surface area contributed by atoms with Gasteiger partial charge in [0.25, 0.3) is 0 Å². The van der Waals surface area contributed by atoms with Crippen LogP contribution in [0.1, 0.15) is 19.8 Å². The van der Waals surface area contributed by atoms with Gasteiger partial charge in [-0.3, -0.25) is 0 Å². The van der Waals surface area contributed by atoms with Crippen molar-refractivity contribution in [2.45, 2.75) is 19.8 Å². The second-order valence-corrected chi connectivity index (χ2v) is 1.46. The molecule has 46 valence electrons. The summed E-state index contributed by atoms with van der Waals surface area (Å²) in [6.45, 7) is 1.95. The predicted molar refractivity (Wildman–Crippen MR) is 29.1 cm³/mol. The first kappa shape index (κ1) is 7.21. The maximum atomic E-state index is 9.71. The Balaban J connectivity index is 3.16. The summed E-state index contributed by atoms with van der Waals surface area (Å²) in [4.78, 5) is 9.71. The molecule has 0 radical (unpaired) electrons. The zero-order valence-electron chi connectivity index (χ0n) is 4.89. The molecule has 0 aliphatic heterocycles. The Kier molecular flexibility index (Phi) is 3.94. The highest BCUT2D eigenvalue weighted by Crippen LogP contribution is 1.82. The number of carboxylic acid groups (broad SMARTS) is 1. The van der Waals surface area contributed by atoms with Gasteiger partial charge in [-0.25, -0.2) is 0 Å². The van der Waals surface area contributed by atoms with Crippen molar-refractivity contribution in [2.24, 2.45) is 0 Å². The van der Waals surface area contributed by atoms with Gasteiger partial charge in [0.2, 0.25) is 0 Å². The molecule has 0 spiro atoms. The normalized spacial score (nSPS) is 10.1. The van der Waals surface area contributed by atoms with Gasteiger partial charge < -0.3 is 9.90 Å². The first-order valence-electron chi connectivity index (χ1n) is 2.62. The van der Waals surface area contributed by atoms with E-state index in [1.807, 2.05) is 6.92 Å². The maximum absolute atomic E-state index is 9.71. The maximum Gasteiger partial charge on any atom is 0.0452 e. The number of carbonyl (C=O) groups is 1. The summed E-state index contributed by atoms with van der Waals surface area (Å²) in [5.74, 6) is -1.02. The average Bonchev–Trinajstić information content (AvgIpc) is 1.66. The Hall–Kier alpha value is -0.790. The van der Waals surface area contributed by atoms with Crippen LogP contribution in [0.25, 0.3) is 0 Å². The largest absolute Gasteiger partial charge is 0.550 e. The molecule has 0 fully saturated rings. The zero-order valence-corrected chi connectivity index (χ0v) is 4.89. The third-order valence-electron chi connectivity index (χ3n) is 0.687. The number of carbonyl (C=O) groups excluding carboxylic acids is 1. The molecule has 0 atom stereocenters. The smallest absolute Gasteiger partial charge is 0.0452 e. The third kappa shape index (κ3) is 5.21. The molecule has 0 bridgehead atoms. The van der Waals surface area contributed by atoms with Gasteiger partial charge in [-0.1, -0.05) is 19.1 Å². The Bertz CT molecular complexity index is 94.7. The molecule has 2 heteroatoms. The standard InChI is InChI=1S/C6H10O2/c1-2-3-4-5-6(7)8/h3-4H,2,5H2,1H3,(H,7,8)/p-1. The molecule has 0 N–H and O–H groups in total. The summed E-state index contributed by atoms with van der Waals surface area (Å²) >= 11 is 0. The van der Waals surface area contributed by atoms with Gasteiger partial charge in [0.05, 0.1) is 0 Å². The molecule has 0 aromatic rings. The summed E-state index contributed by atoms with van der Waals surface area (Å²) in [5.41, 5.74) is 0. The van der Waals surface area contributed by atoms with Crippen molar-refractivity contribution in [3.05, 3.63) is 12.2 Å². The number of aliphatic carboxylic acids is 1. The van der Waals surface area contributed by atoms with Crippen molar-refractivity contribution >= 4 is 5.97 Å². The molecule has 0 aromatic carbocycles. The summed E-state index contributed by atoms with van der Waals surface area (Å²) in [5, 5.41) is 9.71. The Labute approximate surface area is 48.8 Å². The van der Waals surface area contributed by atoms with Gasteiger partial charge >= 0.3 is 0 Å². The van der Waals surface area contributed by atoms with Crippen LogP contribution < -0.4 is 5.11 Å². The summed E-state index contributed by atoms with van der Waals surface area (Å²) in [6.07, 6.45) is 4.31. The minimum Gasteiger partial charge on any atom is -0.550 e. The molecule has 0 amide bonds. The van der Waals surface area contributed by atoms with E-state index >= 15 is 0 Å². The first-order valence-corrected chi connectivity index (χ1v) is 2.62. The van der Waals surface area contributed by atoms with Crippen molar-refractivity contribution in [1.82, 2.24) is 0 Å². The monoisotopic (exact) mass is 113 g/mol. The van der Waals surface area contributed by atoms with Crippen LogP contribution in [-0.2, 0) is 4.79 Å². The molecular weight excluding hydrogens is 104 g/mol. The number of allylic oxidation sites excluding steroid dienone is 1. The number of carboxylic acids is 1. The van der Waals surface area contributed by atoms with Crippen LogP contribution in [0, 0.1) is 0 Å². The van der Waals surface area contributed by atoms with E-state index in [1.54, 1.807) is 12.2 Å². The lowest BCUT2D eigenvalue weighted by Crippen LogP contribution is -2.20. The predicted octanol–water partition coefficient (Wildman–Crippen LogP) is 0.0926. The molecule has 2 nitrogen and oxygen atoms in total. The molecule has 8 heavy (non-hydrogen) atoms. The fraction of sp³-hybridized carbons (Fsp3) is 0.500. The molecular formula is C6H9O2-. The molecule has 0 aliphatic rings. The SMILES string of the molecule is CCC=CCC(=O)[O-]. The van der Waals surface area contributed by atoms with E-state index in [2.05, 4.69) is 0 Å². The lowest BCUT2D eigenvalue weighted by Gasteiger charge is -1.91. The van der Waals surface area contributed by atoms with Gasteiger partial charge in [0, 0.05) is 12.4 Å². The first-order chi connectivity index (χ1) is 3.77. The van der Waals surface area contributed by atoms with Crippen LogP contribution in [0.4, 0.5) is 0 Å². The number of rotatable bonds is 3. The van der Waals surface area contributed by atoms with E-state index in [-0.39, 0.29) is 6.42 Å². The number of hydrogen-bond acceptors (Lipinski definition) is 2. The topological polar surface area (TPSA) is 40.1 Å². The van der Waals surface area contributed by atoms with Crippen LogP contribution in [0.15, 0.2) is 12.2 Å². The van der Waals surface area contributed by atoms with Crippen molar-refractivity contribution in [2.75, 3.05) is 0 Å². The van der Waals surface area contributed by atoms with Crippen LogP contribution >= 0.6 is 0 Å². The van der Waals surface area contributed by atoms with Crippen molar-refractivity contribution in [3.8, 4) is 0 Å². The molecule has 0 rings (SSSR count). The fourth-order valence-corrected chi connectivity index (χ4v) is 0.346. The highest BCUT2D eigenvalue weighted by atomic mass is 16.4. The van der Waals surface area contributed by atoms with Crippen LogP contribution in [0.2, 0.25) is 0 Å². The van der Waals surface area contributed by atoms with Gasteiger partial charge in [0.15, 0.2) is 0 Å². The van der Waals surface area contributed by atoms with E-state index < -0.39 is 5.97 Å².